The van der Waals surface area contributed by atoms with E-state index in [9.17, 15) is 22.8 Å². The molecule has 6 nitrogen and oxygen atoms in total. The van der Waals surface area contributed by atoms with Gasteiger partial charge < -0.3 is 19.7 Å². The molecule has 5 rings (SSSR count). The number of carbonyl (C=O) groups is 2. The van der Waals surface area contributed by atoms with E-state index in [-0.39, 0.29) is 23.7 Å². The Morgan fingerprint density at radius 3 is 2.21 bits per heavy atom. The van der Waals surface area contributed by atoms with Gasteiger partial charge in [-0.1, -0.05) is 48.5 Å². The molecular weight excluding hydrogens is 545 g/mol. The number of benzene rings is 4. The Hall–Kier alpha value is -4.79. The number of ether oxygens (including phenoxy) is 2. The molecule has 9 heteroatoms. The van der Waals surface area contributed by atoms with Crippen molar-refractivity contribution < 1.29 is 32.2 Å². The highest BCUT2D eigenvalue weighted by Crippen LogP contribution is 2.32. The van der Waals surface area contributed by atoms with E-state index >= 15 is 0 Å². The number of likely N-dealkylation sites (tertiary alicyclic amines) is 1. The third kappa shape index (κ3) is 7.09. The molecule has 2 amide bonds. The molecule has 4 aromatic carbocycles. The Morgan fingerprint density at radius 1 is 0.833 bits per heavy atom. The Morgan fingerprint density at radius 2 is 1.52 bits per heavy atom. The molecule has 0 aromatic heterocycles. The number of hydrogen-bond acceptors (Lipinski definition) is 4. The summed E-state index contributed by atoms with van der Waals surface area (Å²) >= 11 is 0. The molecule has 0 saturated carbocycles. The van der Waals surface area contributed by atoms with Crippen LogP contribution >= 0.6 is 0 Å². The molecule has 1 heterocycles. The first kappa shape index (κ1) is 28.7. The van der Waals surface area contributed by atoms with Crippen molar-refractivity contribution in [2.45, 2.75) is 32.2 Å². The number of nitrogens with zero attached hydrogens (tertiary/aromatic N) is 1. The number of anilines is 1. The fourth-order valence-corrected chi connectivity index (χ4v) is 5.04. The summed E-state index contributed by atoms with van der Waals surface area (Å²) in [4.78, 5) is 27.9. The van der Waals surface area contributed by atoms with Crippen LogP contribution in [-0.2, 0) is 0 Å². The Labute approximate surface area is 241 Å². The zero-order chi connectivity index (χ0) is 29.7. The topological polar surface area (TPSA) is 67.9 Å². The van der Waals surface area contributed by atoms with Crippen LogP contribution in [0.2, 0.25) is 0 Å². The molecule has 1 aliphatic rings. The smallest absolute Gasteiger partial charge is 0.490 e. The second kappa shape index (κ2) is 12.4. The highest BCUT2D eigenvalue weighted by molar-refractivity contribution is 6.09. The fourth-order valence-electron chi connectivity index (χ4n) is 5.04. The second-order valence-corrected chi connectivity index (χ2v) is 10.0. The monoisotopic (exact) mass is 574 g/mol. The minimum absolute atomic E-state index is 0.0138. The third-order valence-electron chi connectivity index (χ3n) is 7.04. The van der Waals surface area contributed by atoms with Gasteiger partial charge in [0.15, 0.2) is 0 Å². The summed E-state index contributed by atoms with van der Waals surface area (Å²) < 4.78 is 47.9. The van der Waals surface area contributed by atoms with Gasteiger partial charge in [0.2, 0.25) is 0 Å². The average Bonchev–Trinajstić information content (AvgIpc) is 2.97. The molecule has 0 spiro atoms. The van der Waals surface area contributed by atoms with E-state index in [2.05, 4.69) is 10.1 Å². The van der Waals surface area contributed by atoms with E-state index in [0.717, 1.165) is 5.56 Å². The number of hydrogen-bond donors (Lipinski definition) is 1. The molecule has 0 radical (unpaired) electrons. The standard InChI is InChI=1S/C33H29F3N2O4/c1-22-7-5-12-29(30(22)23-13-15-27(16-14-23)42-33(34,35)36)31(39)37-25-10-6-11-28(21-25)41-26-17-19-38(20-18-26)32(40)24-8-3-2-4-9-24/h2-16,21,26H,17-20H2,1H3,(H,37,39). The van der Waals surface area contributed by atoms with Crippen LogP contribution in [0, 0.1) is 6.92 Å². The van der Waals surface area contributed by atoms with Gasteiger partial charge in [0.1, 0.15) is 17.6 Å². The van der Waals surface area contributed by atoms with Crippen molar-refractivity contribution in [3.63, 3.8) is 0 Å². The number of piperidine rings is 1. The maximum atomic E-state index is 13.4. The Balaban J connectivity index is 1.23. The van der Waals surface area contributed by atoms with Crippen LogP contribution in [0.4, 0.5) is 18.9 Å². The molecule has 42 heavy (non-hydrogen) atoms. The minimum atomic E-state index is -4.79. The first-order valence-corrected chi connectivity index (χ1v) is 13.5. The first-order chi connectivity index (χ1) is 20.2. The number of aryl methyl sites for hydroxylation is 1. The van der Waals surface area contributed by atoms with Gasteiger partial charge in [-0.05, 0) is 66.1 Å². The Kier molecular flexibility index (Phi) is 8.47. The molecule has 1 fully saturated rings. The zero-order valence-corrected chi connectivity index (χ0v) is 22.9. The van der Waals surface area contributed by atoms with Crippen molar-refractivity contribution in [2.24, 2.45) is 0 Å². The van der Waals surface area contributed by atoms with Crippen LogP contribution < -0.4 is 14.8 Å². The zero-order valence-electron chi connectivity index (χ0n) is 22.9. The van der Waals surface area contributed by atoms with E-state index < -0.39 is 6.36 Å². The Bertz CT molecular complexity index is 1550. The number of rotatable bonds is 7. The summed E-state index contributed by atoms with van der Waals surface area (Å²) in [6.45, 7) is 3.02. The summed E-state index contributed by atoms with van der Waals surface area (Å²) in [7, 11) is 0. The molecule has 0 unspecified atom stereocenters. The summed E-state index contributed by atoms with van der Waals surface area (Å²) in [6.07, 6.45) is -3.47. The number of alkyl halides is 3. The lowest BCUT2D eigenvalue weighted by Gasteiger charge is -2.32. The van der Waals surface area contributed by atoms with Crippen LogP contribution in [0.15, 0.2) is 97.1 Å². The van der Waals surface area contributed by atoms with E-state index in [1.165, 1.54) is 24.3 Å². The van der Waals surface area contributed by atoms with Crippen molar-refractivity contribution >= 4 is 17.5 Å². The highest BCUT2D eigenvalue weighted by atomic mass is 19.4. The van der Waals surface area contributed by atoms with Crippen LogP contribution in [0.5, 0.6) is 11.5 Å². The van der Waals surface area contributed by atoms with E-state index in [1.54, 1.807) is 30.3 Å². The summed E-state index contributed by atoms with van der Waals surface area (Å²) in [6, 6.07) is 27.0. The highest BCUT2D eigenvalue weighted by Gasteiger charge is 2.31. The van der Waals surface area contributed by atoms with E-state index in [1.807, 2.05) is 54.3 Å². The largest absolute Gasteiger partial charge is 0.573 e. The first-order valence-electron chi connectivity index (χ1n) is 13.5. The predicted octanol–water partition coefficient (Wildman–Crippen LogP) is 7.50. The summed E-state index contributed by atoms with van der Waals surface area (Å²) in [5, 5.41) is 2.91. The molecule has 1 saturated heterocycles. The van der Waals surface area contributed by atoms with Crippen LogP contribution in [-0.4, -0.2) is 42.3 Å². The molecule has 216 valence electrons. The molecule has 4 aromatic rings. The molecule has 0 atom stereocenters. The molecule has 0 aliphatic carbocycles. The van der Waals surface area contributed by atoms with Gasteiger partial charge >= 0.3 is 6.36 Å². The third-order valence-corrected chi connectivity index (χ3v) is 7.04. The minimum Gasteiger partial charge on any atom is -0.490 e. The van der Waals surface area contributed by atoms with Crippen molar-refractivity contribution in [3.05, 3.63) is 114 Å². The summed E-state index contributed by atoms with van der Waals surface area (Å²) in [5.74, 6) is -0.0875. The normalized spacial score (nSPS) is 13.9. The van der Waals surface area contributed by atoms with Gasteiger partial charge in [0.25, 0.3) is 11.8 Å². The van der Waals surface area contributed by atoms with Crippen molar-refractivity contribution in [2.75, 3.05) is 18.4 Å². The van der Waals surface area contributed by atoms with Gasteiger partial charge in [0.05, 0.1) is 0 Å². The number of amides is 2. The molecule has 0 bridgehead atoms. The number of nitrogens with one attached hydrogen (secondary N) is 1. The lowest BCUT2D eigenvalue weighted by molar-refractivity contribution is -0.274. The van der Waals surface area contributed by atoms with Gasteiger partial charge in [-0.25, -0.2) is 0 Å². The lowest BCUT2D eigenvalue weighted by atomic mass is 9.94. The predicted molar refractivity (Wildman–Crippen MR) is 154 cm³/mol. The maximum Gasteiger partial charge on any atom is 0.573 e. The van der Waals surface area contributed by atoms with Gasteiger partial charge in [-0.3, -0.25) is 9.59 Å². The molecule has 1 N–H and O–H groups in total. The van der Waals surface area contributed by atoms with Crippen LogP contribution in [0.3, 0.4) is 0 Å². The van der Waals surface area contributed by atoms with Gasteiger partial charge in [0, 0.05) is 48.8 Å². The average molecular weight is 575 g/mol. The number of halogens is 3. The van der Waals surface area contributed by atoms with Crippen LogP contribution in [0.1, 0.15) is 39.1 Å². The van der Waals surface area contributed by atoms with Crippen molar-refractivity contribution in [1.29, 1.82) is 0 Å². The van der Waals surface area contributed by atoms with Gasteiger partial charge in [-0.15, -0.1) is 13.2 Å². The quantitative estimate of drug-likeness (QED) is 0.248. The van der Waals surface area contributed by atoms with Crippen LogP contribution in [0.25, 0.3) is 11.1 Å². The SMILES string of the molecule is Cc1cccc(C(=O)Nc2cccc(OC3CCN(C(=O)c4ccccc4)CC3)c2)c1-c1ccc(OC(F)(F)F)cc1. The fraction of sp³-hybridized carbons (Fsp3) is 0.212. The summed E-state index contributed by atoms with van der Waals surface area (Å²) in [5.41, 5.74) is 3.57. The molecule has 1 aliphatic heterocycles. The van der Waals surface area contributed by atoms with Crippen molar-refractivity contribution in [1.82, 2.24) is 4.90 Å². The maximum absolute atomic E-state index is 13.4. The van der Waals surface area contributed by atoms with E-state index in [0.29, 0.717) is 59.6 Å². The van der Waals surface area contributed by atoms with Crippen molar-refractivity contribution in [3.8, 4) is 22.6 Å². The number of carbonyl (C=O) groups excluding carboxylic acids is 2. The van der Waals surface area contributed by atoms with Gasteiger partial charge in [-0.2, -0.15) is 0 Å². The second-order valence-electron chi connectivity index (χ2n) is 10.0. The van der Waals surface area contributed by atoms with E-state index in [4.69, 9.17) is 4.74 Å². The molecular formula is C33H29F3N2O4. The lowest BCUT2D eigenvalue weighted by Crippen LogP contribution is -2.41.